The third kappa shape index (κ3) is 5.37. The zero-order chi connectivity index (χ0) is 18.4. The molecule has 0 unspecified atom stereocenters. The SMILES string of the molecule is COc1cccc(CCNC(=O)C2CCN(C(=O)C(F)(F)F)CC2)c1. The quantitative estimate of drug-likeness (QED) is 0.878. The van der Waals surface area contributed by atoms with E-state index in [0.717, 1.165) is 16.2 Å². The highest BCUT2D eigenvalue weighted by Gasteiger charge is 2.43. The van der Waals surface area contributed by atoms with Crippen LogP contribution in [0.2, 0.25) is 0 Å². The highest BCUT2D eigenvalue weighted by Crippen LogP contribution is 2.24. The van der Waals surface area contributed by atoms with Crippen molar-refractivity contribution in [1.82, 2.24) is 10.2 Å². The van der Waals surface area contributed by atoms with E-state index in [0.29, 0.717) is 13.0 Å². The summed E-state index contributed by atoms with van der Waals surface area (Å²) in [6.07, 6.45) is -3.74. The van der Waals surface area contributed by atoms with E-state index in [1.807, 2.05) is 24.3 Å². The molecule has 1 aliphatic heterocycles. The van der Waals surface area contributed by atoms with Gasteiger partial charge in [-0.2, -0.15) is 13.2 Å². The molecule has 1 fully saturated rings. The molecule has 1 saturated heterocycles. The maximum Gasteiger partial charge on any atom is 0.471 e. The molecule has 5 nitrogen and oxygen atoms in total. The summed E-state index contributed by atoms with van der Waals surface area (Å²) in [4.78, 5) is 24.1. The first kappa shape index (κ1) is 19.1. The molecule has 1 aliphatic rings. The van der Waals surface area contributed by atoms with E-state index in [9.17, 15) is 22.8 Å². The van der Waals surface area contributed by atoms with Gasteiger partial charge in [0.1, 0.15) is 5.75 Å². The van der Waals surface area contributed by atoms with Crippen LogP contribution in [-0.2, 0) is 16.0 Å². The van der Waals surface area contributed by atoms with Gasteiger partial charge in [-0.3, -0.25) is 9.59 Å². The number of likely N-dealkylation sites (tertiary alicyclic amines) is 1. The molecular weight excluding hydrogens is 337 g/mol. The lowest BCUT2D eigenvalue weighted by atomic mass is 9.95. The van der Waals surface area contributed by atoms with E-state index in [2.05, 4.69) is 5.32 Å². The van der Waals surface area contributed by atoms with Crippen molar-refractivity contribution in [2.75, 3.05) is 26.7 Å². The predicted molar refractivity (Wildman–Crippen MR) is 85.1 cm³/mol. The molecule has 2 amide bonds. The Morgan fingerprint density at radius 3 is 2.56 bits per heavy atom. The van der Waals surface area contributed by atoms with E-state index in [1.165, 1.54) is 0 Å². The Morgan fingerprint density at radius 2 is 1.96 bits per heavy atom. The molecule has 1 aromatic rings. The summed E-state index contributed by atoms with van der Waals surface area (Å²) in [7, 11) is 1.58. The number of hydrogen-bond acceptors (Lipinski definition) is 3. The summed E-state index contributed by atoms with van der Waals surface area (Å²) in [6.45, 7) is 0.340. The number of rotatable bonds is 5. The molecule has 138 valence electrons. The number of halogens is 3. The van der Waals surface area contributed by atoms with Gasteiger partial charge >= 0.3 is 12.1 Å². The van der Waals surface area contributed by atoms with E-state index in [1.54, 1.807) is 7.11 Å². The van der Waals surface area contributed by atoms with Gasteiger partial charge in [-0.05, 0) is 37.0 Å². The van der Waals surface area contributed by atoms with Crippen molar-refractivity contribution in [1.29, 1.82) is 0 Å². The fourth-order valence-electron chi connectivity index (χ4n) is 2.83. The van der Waals surface area contributed by atoms with Crippen LogP contribution in [0.3, 0.4) is 0 Å². The number of nitrogens with zero attached hydrogens (tertiary/aromatic N) is 1. The standard InChI is InChI=1S/C17H21F3N2O3/c1-25-14-4-2-3-12(11-14)5-8-21-15(23)13-6-9-22(10-7-13)16(24)17(18,19)20/h2-4,11,13H,5-10H2,1H3,(H,21,23). The Morgan fingerprint density at radius 1 is 1.28 bits per heavy atom. The number of methoxy groups -OCH3 is 1. The number of piperidine rings is 1. The zero-order valence-corrected chi connectivity index (χ0v) is 13.9. The summed E-state index contributed by atoms with van der Waals surface area (Å²) < 4.78 is 42.3. The molecule has 0 atom stereocenters. The van der Waals surface area contributed by atoms with Gasteiger partial charge in [0.2, 0.25) is 5.91 Å². The highest BCUT2D eigenvalue weighted by atomic mass is 19.4. The molecule has 0 aliphatic carbocycles. The van der Waals surface area contributed by atoms with Crippen LogP contribution < -0.4 is 10.1 Å². The summed E-state index contributed by atoms with van der Waals surface area (Å²) >= 11 is 0. The zero-order valence-electron chi connectivity index (χ0n) is 13.9. The molecule has 0 saturated carbocycles. The first-order chi connectivity index (χ1) is 11.8. The third-order valence-corrected chi connectivity index (χ3v) is 4.24. The maximum absolute atomic E-state index is 12.4. The van der Waals surface area contributed by atoms with Crippen molar-refractivity contribution >= 4 is 11.8 Å². The molecule has 2 rings (SSSR count). The average Bonchev–Trinajstić information content (AvgIpc) is 2.60. The van der Waals surface area contributed by atoms with Gasteiger partial charge in [0.05, 0.1) is 7.11 Å². The van der Waals surface area contributed by atoms with Crippen molar-refractivity contribution in [2.24, 2.45) is 5.92 Å². The minimum atomic E-state index is -4.86. The molecular formula is C17H21F3N2O3. The van der Waals surface area contributed by atoms with Crippen LogP contribution in [0.4, 0.5) is 13.2 Å². The molecule has 1 N–H and O–H groups in total. The number of benzene rings is 1. The Kier molecular flexibility index (Phi) is 6.27. The Bertz CT molecular complexity index is 611. The van der Waals surface area contributed by atoms with Gasteiger partial charge in [-0.15, -0.1) is 0 Å². The predicted octanol–water partition coefficient (Wildman–Crippen LogP) is 2.15. The molecule has 0 bridgehead atoms. The van der Waals surface area contributed by atoms with Crippen LogP contribution >= 0.6 is 0 Å². The van der Waals surface area contributed by atoms with Gasteiger partial charge in [-0.25, -0.2) is 0 Å². The van der Waals surface area contributed by atoms with Crippen LogP contribution in [0.25, 0.3) is 0 Å². The smallest absolute Gasteiger partial charge is 0.471 e. The summed E-state index contributed by atoms with van der Waals surface area (Å²) in [6, 6.07) is 7.50. The summed E-state index contributed by atoms with van der Waals surface area (Å²) in [5, 5.41) is 2.81. The van der Waals surface area contributed by atoms with Crippen molar-refractivity contribution in [3.8, 4) is 5.75 Å². The number of carbonyl (C=O) groups excluding carboxylic acids is 2. The second kappa shape index (κ2) is 8.22. The number of alkyl halides is 3. The van der Waals surface area contributed by atoms with Gasteiger partial charge < -0.3 is 15.0 Å². The number of amides is 2. The van der Waals surface area contributed by atoms with Crippen molar-refractivity contribution in [3.63, 3.8) is 0 Å². The van der Waals surface area contributed by atoms with Gasteiger partial charge in [0, 0.05) is 25.6 Å². The molecule has 0 spiro atoms. The molecule has 8 heteroatoms. The van der Waals surface area contributed by atoms with Crippen molar-refractivity contribution < 1.29 is 27.5 Å². The lowest BCUT2D eigenvalue weighted by Gasteiger charge is -2.31. The van der Waals surface area contributed by atoms with E-state index >= 15 is 0 Å². The van der Waals surface area contributed by atoms with Crippen LogP contribution in [-0.4, -0.2) is 49.6 Å². The van der Waals surface area contributed by atoms with Crippen molar-refractivity contribution in [2.45, 2.75) is 25.4 Å². The first-order valence-corrected chi connectivity index (χ1v) is 8.08. The highest BCUT2D eigenvalue weighted by molar-refractivity contribution is 5.83. The second-order valence-corrected chi connectivity index (χ2v) is 5.96. The molecule has 1 heterocycles. The van der Waals surface area contributed by atoms with Gasteiger partial charge in [0.25, 0.3) is 0 Å². The Balaban J connectivity index is 1.74. The van der Waals surface area contributed by atoms with Crippen LogP contribution in [0.1, 0.15) is 18.4 Å². The van der Waals surface area contributed by atoms with Crippen LogP contribution in [0.5, 0.6) is 5.75 Å². The topological polar surface area (TPSA) is 58.6 Å². The molecule has 0 radical (unpaired) electrons. The number of ether oxygens (including phenoxy) is 1. The number of nitrogens with one attached hydrogen (secondary N) is 1. The maximum atomic E-state index is 12.4. The lowest BCUT2D eigenvalue weighted by molar-refractivity contribution is -0.186. The number of hydrogen-bond donors (Lipinski definition) is 1. The normalized spacial score (nSPS) is 15.8. The fraction of sp³-hybridized carbons (Fsp3) is 0.529. The minimum Gasteiger partial charge on any atom is -0.497 e. The largest absolute Gasteiger partial charge is 0.497 e. The first-order valence-electron chi connectivity index (χ1n) is 8.08. The Hall–Kier alpha value is -2.25. The molecule has 25 heavy (non-hydrogen) atoms. The van der Waals surface area contributed by atoms with E-state index in [4.69, 9.17) is 4.74 Å². The van der Waals surface area contributed by atoms with Crippen LogP contribution in [0.15, 0.2) is 24.3 Å². The Labute approximate surface area is 144 Å². The molecule has 0 aromatic heterocycles. The van der Waals surface area contributed by atoms with Gasteiger partial charge in [0.15, 0.2) is 0 Å². The number of carbonyl (C=O) groups is 2. The summed E-state index contributed by atoms with van der Waals surface area (Å²) in [5.41, 5.74) is 1.02. The fourth-order valence-corrected chi connectivity index (χ4v) is 2.83. The van der Waals surface area contributed by atoms with Crippen molar-refractivity contribution in [3.05, 3.63) is 29.8 Å². The second-order valence-electron chi connectivity index (χ2n) is 5.96. The monoisotopic (exact) mass is 358 g/mol. The summed E-state index contributed by atoms with van der Waals surface area (Å²) in [5.74, 6) is -1.63. The molecule has 1 aromatic carbocycles. The van der Waals surface area contributed by atoms with Crippen LogP contribution in [0, 0.1) is 5.92 Å². The van der Waals surface area contributed by atoms with Gasteiger partial charge in [-0.1, -0.05) is 12.1 Å². The third-order valence-electron chi connectivity index (χ3n) is 4.24. The van der Waals surface area contributed by atoms with E-state index in [-0.39, 0.29) is 37.8 Å². The van der Waals surface area contributed by atoms with E-state index < -0.39 is 12.1 Å². The lowest BCUT2D eigenvalue weighted by Crippen LogP contribution is -2.47. The minimum absolute atomic E-state index is 0.0493. The average molecular weight is 358 g/mol.